The summed E-state index contributed by atoms with van der Waals surface area (Å²) in [4.78, 5) is 1.15. The number of rotatable bonds is 6. The van der Waals surface area contributed by atoms with Crippen molar-refractivity contribution in [3.05, 3.63) is 60.7 Å². The van der Waals surface area contributed by atoms with E-state index in [1.807, 2.05) is 43.3 Å². The van der Waals surface area contributed by atoms with Crippen molar-refractivity contribution in [1.82, 2.24) is 0 Å². The van der Waals surface area contributed by atoms with E-state index in [1.54, 1.807) is 43.1 Å². The van der Waals surface area contributed by atoms with Crippen LogP contribution in [0.3, 0.4) is 0 Å². The first-order valence-electron chi connectivity index (χ1n) is 7.86. The van der Waals surface area contributed by atoms with E-state index in [0.717, 1.165) is 27.2 Å². The van der Waals surface area contributed by atoms with Crippen LogP contribution < -0.4 is 9.46 Å². The molecule has 0 aromatic heterocycles. The minimum absolute atomic E-state index is 0.237. The summed E-state index contributed by atoms with van der Waals surface area (Å²) in [6, 6.07) is 18.1. The van der Waals surface area contributed by atoms with Crippen LogP contribution in [-0.2, 0) is 10.0 Å². The first kappa shape index (κ1) is 17.6. The molecule has 0 radical (unpaired) electrons. The molecule has 130 valence electrons. The first-order valence-corrected chi connectivity index (χ1v) is 10.3. The van der Waals surface area contributed by atoms with E-state index in [1.165, 1.54) is 0 Å². The average Bonchev–Trinajstić information content (AvgIpc) is 2.62. The SMILES string of the molecule is CCSc1ccccc1NS(=O)(=O)c1ccc2cc(OC)ccc2c1. The standard InChI is InChI=1S/C19H19NO3S2/c1-3-24-19-7-5-4-6-18(19)20-25(21,22)17-11-9-14-12-16(23-2)10-8-15(14)13-17/h4-13,20H,3H2,1-2H3. The van der Waals surface area contributed by atoms with E-state index >= 15 is 0 Å². The van der Waals surface area contributed by atoms with Crippen molar-refractivity contribution in [1.29, 1.82) is 0 Å². The van der Waals surface area contributed by atoms with Gasteiger partial charge in [0.1, 0.15) is 5.75 Å². The van der Waals surface area contributed by atoms with Gasteiger partial charge >= 0.3 is 0 Å². The van der Waals surface area contributed by atoms with E-state index < -0.39 is 10.0 Å². The zero-order chi connectivity index (χ0) is 17.9. The van der Waals surface area contributed by atoms with Gasteiger partial charge in [-0.1, -0.05) is 31.2 Å². The molecule has 0 heterocycles. The fourth-order valence-corrected chi connectivity index (χ4v) is 4.47. The Bertz CT molecular complexity index is 1000. The van der Waals surface area contributed by atoms with E-state index in [9.17, 15) is 8.42 Å². The molecule has 4 nitrogen and oxygen atoms in total. The van der Waals surface area contributed by atoms with Crippen LogP contribution in [0.2, 0.25) is 0 Å². The minimum atomic E-state index is -3.66. The number of methoxy groups -OCH3 is 1. The average molecular weight is 373 g/mol. The van der Waals surface area contributed by atoms with Crippen molar-refractivity contribution in [3.63, 3.8) is 0 Å². The lowest BCUT2D eigenvalue weighted by Crippen LogP contribution is -2.13. The Hall–Kier alpha value is -2.18. The zero-order valence-electron chi connectivity index (χ0n) is 14.0. The van der Waals surface area contributed by atoms with Gasteiger partial charge in [-0.15, -0.1) is 11.8 Å². The number of nitrogens with one attached hydrogen (secondary N) is 1. The van der Waals surface area contributed by atoms with Gasteiger partial charge in [-0.25, -0.2) is 8.42 Å². The van der Waals surface area contributed by atoms with Gasteiger partial charge in [0.25, 0.3) is 10.0 Å². The summed E-state index contributed by atoms with van der Waals surface area (Å²) in [6.45, 7) is 2.04. The predicted octanol–water partition coefficient (Wildman–Crippen LogP) is 4.76. The van der Waals surface area contributed by atoms with Crippen LogP contribution in [0.15, 0.2) is 70.5 Å². The molecule has 0 unspecified atom stereocenters. The first-order chi connectivity index (χ1) is 12.0. The molecule has 0 atom stereocenters. The Balaban J connectivity index is 1.96. The second kappa shape index (κ2) is 7.37. The number of hydrogen-bond acceptors (Lipinski definition) is 4. The van der Waals surface area contributed by atoms with Crippen molar-refractivity contribution in [2.24, 2.45) is 0 Å². The number of thioether (sulfide) groups is 1. The van der Waals surface area contributed by atoms with Crippen molar-refractivity contribution in [2.75, 3.05) is 17.6 Å². The molecule has 0 saturated heterocycles. The maximum Gasteiger partial charge on any atom is 0.261 e. The van der Waals surface area contributed by atoms with E-state index in [2.05, 4.69) is 4.72 Å². The molecule has 3 aromatic rings. The summed E-state index contributed by atoms with van der Waals surface area (Å²) >= 11 is 1.60. The Morgan fingerprint density at radius 3 is 2.48 bits per heavy atom. The van der Waals surface area contributed by atoms with Gasteiger partial charge in [0.15, 0.2) is 0 Å². The van der Waals surface area contributed by atoms with Crippen molar-refractivity contribution < 1.29 is 13.2 Å². The Kier molecular flexibility index (Phi) is 5.20. The minimum Gasteiger partial charge on any atom is -0.497 e. The third-order valence-electron chi connectivity index (χ3n) is 3.76. The zero-order valence-corrected chi connectivity index (χ0v) is 15.7. The molecule has 0 spiro atoms. The maximum absolute atomic E-state index is 12.8. The van der Waals surface area contributed by atoms with Gasteiger partial charge in [-0.2, -0.15) is 0 Å². The number of sulfonamides is 1. The van der Waals surface area contributed by atoms with Crippen molar-refractivity contribution >= 4 is 38.2 Å². The summed E-state index contributed by atoms with van der Waals surface area (Å²) in [7, 11) is -2.05. The van der Waals surface area contributed by atoms with Crippen LogP contribution >= 0.6 is 11.8 Å². The lowest BCUT2D eigenvalue weighted by atomic mass is 10.1. The summed E-state index contributed by atoms with van der Waals surface area (Å²) < 4.78 is 33.5. The molecule has 3 aromatic carbocycles. The summed E-state index contributed by atoms with van der Waals surface area (Å²) in [5.41, 5.74) is 0.601. The molecule has 0 aliphatic carbocycles. The predicted molar refractivity (Wildman–Crippen MR) is 104 cm³/mol. The van der Waals surface area contributed by atoms with Crippen LogP contribution in [0, 0.1) is 0 Å². The molecule has 0 aliphatic rings. The fourth-order valence-electron chi connectivity index (χ4n) is 2.53. The molecule has 0 bridgehead atoms. The molecule has 0 aliphatic heterocycles. The third kappa shape index (κ3) is 3.91. The summed E-state index contributed by atoms with van der Waals surface area (Å²) in [5, 5.41) is 1.78. The largest absolute Gasteiger partial charge is 0.497 e. The van der Waals surface area contributed by atoms with Crippen LogP contribution in [0.4, 0.5) is 5.69 Å². The van der Waals surface area contributed by atoms with Crippen LogP contribution in [0.1, 0.15) is 6.92 Å². The molecule has 3 rings (SSSR count). The summed E-state index contributed by atoms with van der Waals surface area (Å²) in [6.07, 6.45) is 0. The van der Waals surface area contributed by atoms with Crippen LogP contribution in [0.25, 0.3) is 10.8 Å². The van der Waals surface area contributed by atoms with E-state index in [0.29, 0.717) is 5.69 Å². The molecule has 0 saturated carbocycles. The molecule has 25 heavy (non-hydrogen) atoms. The van der Waals surface area contributed by atoms with Gasteiger partial charge < -0.3 is 4.74 Å². The number of para-hydroxylation sites is 1. The topological polar surface area (TPSA) is 55.4 Å². The Morgan fingerprint density at radius 1 is 1.00 bits per heavy atom. The maximum atomic E-state index is 12.8. The monoisotopic (exact) mass is 373 g/mol. The van der Waals surface area contributed by atoms with Crippen molar-refractivity contribution in [2.45, 2.75) is 16.7 Å². The second-order valence-electron chi connectivity index (χ2n) is 5.41. The highest BCUT2D eigenvalue weighted by Crippen LogP contribution is 2.29. The number of fused-ring (bicyclic) bond motifs is 1. The van der Waals surface area contributed by atoms with Gasteiger partial charge in [0.05, 0.1) is 17.7 Å². The highest BCUT2D eigenvalue weighted by Gasteiger charge is 2.16. The highest BCUT2D eigenvalue weighted by molar-refractivity contribution is 7.99. The molecule has 6 heteroatoms. The summed E-state index contributed by atoms with van der Waals surface area (Å²) in [5.74, 6) is 1.61. The number of ether oxygens (including phenoxy) is 1. The van der Waals surface area contributed by atoms with Crippen molar-refractivity contribution in [3.8, 4) is 5.75 Å². The smallest absolute Gasteiger partial charge is 0.261 e. The molecular formula is C19H19NO3S2. The van der Waals surface area contributed by atoms with E-state index in [4.69, 9.17) is 4.74 Å². The number of anilines is 1. The normalized spacial score (nSPS) is 11.4. The Morgan fingerprint density at radius 2 is 1.72 bits per heavy atom. The van der Waals surface area contributed by atoms with Gasteiger partial charge in [0, 0.05) is 4.90 Å². The molecular weight excluding hydrogens is 354 g/mol. The van der Waals surface area contributed by atoms with Gasteiger partial charge in [-0.3, -0.25) is 4.72 Å². The fraction of sp³-hybridized carbons (Fsp3) is 0.158. The third-order valence-corrected chi connectivity index (χ3v) is 6.08. The quantitative estimate of drug-likeness (QED) is 0.633. The lowest BCUT2D eigenvalue weighted by Gasteiger charge is -2.12. The van der Waals surface area contributed by atoms with Gasteiger partial charge in [0.2, 0.25) is 0 Å². The van der Waals surface area contributed by atoms with Gasteiger partial charge in [-0.05, 0) is 52.9 Å². The van der Waals surface area contributed by atoms with Crippen LogP contribution in [-0.4, -0.2) is 21.3 Å². The number of hydrogen-bond donors (Lipinski definition) is 1. The highest BCUT2D eigenvalue weighted by atomic mass is 32.2. The Labute approximate surface area is 152 Å². The van der Waals surface area contributed by atoms with Crippen LogP contribution in [0.5, 0.6) is 5.75 Å². The second-order valence-corrected chi connectivity index (χ2v) is 8.40. The molecule has 0 amide bonds. The molecule has 1 N–H and O–H groups in total. The lowest BCUT2D eigenvalue weighted by molar-refractivity contribution is 0.415. The molecule has 0 fully saturated rings. The van der Waals surface area contributed by atoms with E-state index in [-0.39, 0.29) is 4.90 Å². The number of benzene rings is 3.